The first kappa shape index (κ1) is 18.6. The minimum Gasteiger partial charge on any atom is -0.391 e. The lowest BCUT2D eigenvalue weighted by atomic mass is 10.1. The first-order chi connectivity index (χ1) is 13.5. The van der Waals surface area contributed by atoms with Crippen LogP contribution < -0.4 is 5.32 Å². The van der Waals surface area contributed by atoms with Crippen LogP contribution in [0.4, 0.5) is 0 Å². The molecule has 1 saturated carbocycles. The topological polar surface area (TPSA) is 97.3 Å². The Labute approximate surface area is 163 Å². The molecule has 0 spiro atoms. The summed E-state index contributed by atoms with van der Waals surface area (Å²) in [6, 6.07) is 5.20. The average Bonchev–Trinajstić information content (AvgIpc) is 3.37. The summed E-state index contributed by atoms with van der Waals surface area (Å²) in [5, 5.41) is 26.1. The van der Waals surface area contributed by atoms with Crippen molar-refractivity contribution in [3.05, 3.63) is 48.2 Å². The van der Waals surface area contributed by atoms with Crippen molar-refractivity contribution in [2.45, 2.75) is 51.8 Å². The average molecular weight is 382 g/mol. The number of nitrogens with one attached hydrogen (secondary N) is 1. The van der Waals surface area contributed by atoms with Gasteiger partial charge < -0.3 is 10.4 Å². The van der Waals surface area contributed by atoms with E-state index in [4.69, 9.17) is 0 Å². The Morgan fingerprint density at radius 2 is 2.14 bits per heavy atom. The highest BCUT2D eigenvalue weighted by Gasteiger charge is 2.34. The number of nitrogens with zero attached hydrogens (tertiary/aromatic N) is 5. The fourth-order valence-electron chi connectivity index (χ4n) is 3.99. The molecular weight excluding hydrogens is 356 g/mol. The van der Waals surface area contributed by atoms with E-state index in [0.29, 0.717) is 23.5 Å². The van der Waals surface area contributed by atoms with Gasteiger partial charge in [0.2, 0.25) is 0 Å². The van der Waals surface area contributed by atoms with Gasteiger partial charge in [-0.25, -0.2) is 0 Å². The Hall–Kier alpha value is -2.74. The van der Waals surface area contributed by atoms with E-state index in [2.05, 4.69) is 34.5 Å². The van der Waals surface area contributed by atoms with Crippen molar-refractivity contribution in [3.63, 3.8) is 0 Å². The van der Waals surface area contributed by atoms with Crippen molar-refractivity contribution in [2.24, 2.45) is 11.8 Å². The molecule has 1 aliphatic rings. The first-order valence-electron chi connectivity index (χ1n) is 9.80. The molecule has 148 valence electrons. The summed E-state index contributed by atoms with van der Waals surface area (Å²) in [6.45, 7) is 4.99. The number of hydrogen-bond acceptors (Lipinski definition) is 5. The van der Waals surface area contributed by atoms with Crippen LogP contribution >= 0.6 is 0 Å². The number of fused-ring (bicyclic) bond motifs is 1. The van der Waals surface area contributed by atoms with E-state index < -0.39 is 6.10 Å². The summed E-state index contributed by atoms with van der Waals surface area (Å²) < 4.78 is 3.75. The number of aliphatic hydroxyl groups is 1. The largest absolute Gasteiger partial charge is 0.391 e. The zero-order valence-electron chi connectivity index (χ0n) is 16.2. The van der Waals surface area contributed by atoms with E-state index in [9.17, 15) is 9.90 Å². The molecule has 1 unspecified atom stereocenters. The van der Waals surface area contributed by atoms with E-state index in [1.165, 1.54) is 0 Å². The minimum absolute atomic E-state index is 0.224. The fourth-order valence-corrected chi connectivity index (χ4v) is 3.99. The van der Waals surface area contributed by atoms with E-state index in [1.807, 2.05) is 33.6 Å². The highest BCUT2D eigenvalue weighted by atomic mass is 16.3. The highest BCUT2D eigenvalue weighted by Crippen LogP contribution is 2.28. The van der Waals surface area contributed by atoms with Crippen molar-refractivity contribution in [1.82, 2.24) is 29.7 Å². The molecule has 3 atom stereocenters. The lowest BCUT2D eigenvalue weighted by Crippen LogP contribution is -2.40. The molecule has 0 radical (unpaired) electrons. The number of aromatic nitrogens is 5. The van der Waals surface area contributed by atoms with Crippen LogP contribution in [0.3, 0.4) is 0 Å². The second-order valence-electron chi connectivity index (χ2n) is 8.04. The summed E-state index contributed by atoms with van der Waals surface area (Å²) in [6.07, 6.45) is 7.16. The Balaban J connectivity index is 1.47. The molecule has 1 fully saturated rings. The Kier molecular flexibility index (Phi) is 5.13. The van der Waals surface area contributed by atoms with Gasteiger partial charge in [0.1, 0.15) is 5.82 Å². The van der Waals surface area contributed by atoms with Crippen LogP contribution in [-0.4, -0.2) is 47.5 Å². The van der Waals surface area contributed by atoms with Gasteiger partial charge in [0, 0.05) is 31.6 Å². The van der Waals surface area contributed by atoms with Gasteiger partial charge in [-0.2, -0.15) is 5.10 Å². The quantitative estimate of drug-likeness (QED) is 0.676. The van der Waals surface area contributed by atoms with Crippen molar-refractivity contribution in [3.8, 4) is 0 Å². The molecular formula is C20H26N6O2. The van der Waals surface area contributed by atoms with Crippen LogP contribution in [-0.2, 0) is 13.0 Å². The molecule has 0 aliphatic heterocycles. The van der Waals surface area contributed by atoms with E-state index >= 15 is 0 Å². The van der Waals surface area contributed by atoms with Gasteiger partial charge in [0.05, 0.1) is 17.7 Å². The molecule has 8 nitrogen and oxygen atoms in total. The third-order valence-corrected chi connectivity index (χ3v) is 5.29. The molecule has 28 heavy (non-hydrogen) atoms. The maximum atomic E-state index is 12.9. The number of pyridine rings is 1. The van der Waals surface area contributed by atoms with E-state index in [-0.39, 0.29) is 17.9 Å². The predicted molar refractivity (Wildman–Crippen MR) is 104 cm³/mol. The number of aliphatic hydroxyl groups excluding tert-OH is 1. The molecule has 8 heteroatoms. The van der Waals surface area contributed by atoms with E-state index in [1.54, 1.807) is 12.3 Å². The summed E-state index contributed by atoms with van der Waals surface area (Å²) in [4.78, 5) is 12.9. The first-order valence-corrected chi connectivity index (χ1v) is 9.80. The van der Waals surface area contributed by atoms with Gasteiger partial charge in [0.15, 0.2) is 5.65 Å². The monoisotopic (exact) mass is 382 g/mol. The highest BCUT2D eigenvalue weighted by molar-refractivity contribution is 5.99. The smallest absolute Gasteiger partial charge is 0.255 e. The van der Waals surface area contributed by atoms with Crippen LogP contribution in [0.2, 0.25) is 0 Å². The van der Waals surface area contributed by atoms with E-state index in [0.717, 1.165) is 25.2 Å². The molecule has 0 bridgehead atoms. The Morgan fingerprint density at radius 3 is 2.89 bits per heavy atom. The summed E-state index contributed by atoms with van der Waals surface area (Å²) in [7, 11) is 0. The van der Waals surface area contributed by atoms with Crippen LogP contribution in [0, 0.1) is 11.8 Å². The van der Waals surface area contributed by atoms with Crippen molar-refractivity contribution >= 4 is 11.6 Å². The molecule has 3 aromatic heterocycles. The number of carbonyl (C=O) groups is 1. The second kappa shape index (κ2) is 7.71. The molecule has 2 N–H and O–H groups in total. The standard InChI is InChI=1S/C20H26N6O2/c1-13(2)9-18-23-24-19-15(5-3-8-26(18)19)20(28)22-16-10-14(11-17(16)27)12-25-7-4-6-21-25/h3-8,13-14,16-17,27H,9-12H2,1-2H3,(H,22,28)/t14?,16-,17-/m1/s1. The van der Waals surface area contributed by atoms with Crippen LogP contribution in [0.15, 0.2) is 36.8 Å². The number of rotatable bonds is 6. The van der Waals surface area contributed by atoms with Crippen molar-refractivity contribution in [1.29, 1.82) is 0 Å². The van der Waals surface area contributed by atoms with Gasteiger partial charge in [-0.3, -0.25) is 13.9 Å². The number of amides is 1. The Bertz CT molecular complexity index is 949. The van der Waals surface area contributed by atoms with Gasteiger partial charge in [0.25, 0.3) is 5.91 Å². The van der Waals surface area contributed by atoms with Crippen LogP contribution in [0.25, 0.3) is 5.65 Å². The molecule has 0 aromatic carbocycles. The number of carbonyl (C=O) groups excluding carboxylic acids is 1. The molecule has 3 heterocycles. The second-order valence-corrected chi connectivity index (χ2v) is 8.04. The third-order valence-electron chi connectivity index (χ3n) is 5.29. The lowest BCUT2D eigenvalue weighted by Gasteiger charge is -2.16. The third kappa shape index (κ3) is 3.77. The van der Waals surface area contributed by atoms with Crippen LogP contribution in [0.1, 0.15) is 42.9 Å². The number of hydrogen-bond donors (Lipinski definition) is 2. The molecule has 0 saturated heterocycles. The Morgan fingerprint density at radius 1 is 1.29 bits per heavy atom. The van der Waals surface area contributed by atoms with Gasteiger partial charge in [-0.05, 0) is 42.9 Å². The lowest BCUT2D eigenvalue weighted by molar-refractivity contribution is 0.0874. The molecule has 1 amide bonds. The summed E-state index contributed by atoms with van der Waals surface area (Å²) in [5.41, 5.74) is 1.03. The zero-order valence-corrected chi connectivity index (χ0v) is 16.2. The fraction of sp³-hybridized carbons (Fsp3) is 0.500. The van der Waals surface area contributed by atoms with Gasteiger partial charge in [-0.15, -0.1) is 10.2 Å². The SMILES string of the molecule is CC(C)Cc1nnc2c(C(=O)N[C@@H]3CC(Cn4cccn4)C[C@H]3O)cccn12. The zero-order chi connectivity index (χ0) is 19.7. The summed E-state index contributed by atoms with van der Waals surface area (Å²) >= 11 is 0. The maximum absolute atomic E-state index is 12.9. The van der Waals surface area contributed by atoms with Gasteiger partial charge >= 0.3 is 0 Å². The van der Waals surface area contributed by atoms with Gasteiger partial charge in [-0.1, -0.05) is 13.8 Å². The maximum Gasteiger partial charge on any atom is 0.255 e. The van der Waals surface area contributed by atoms with Crippen molar-refractivity contribution < 1.29 is 9.90 Å². The minimum atomic E-state index is -0.557. The molecule has 1 aliphatic carbocycles. The predicted octanol–water partition coefficient (Wildman–Crippen LogP) is 1.69. The summed E-state index contributed by atoms with van der Waals surface area (Å²) in [5.74, 6) is 1.35. The van der Waals surface area contributed by atoms with Crippen LogP contribution in [0.5, 0.6) is 0 Å². The normalized spacial score (nSPS) is 22.2. The molecule has 3 aromatic rings. The molecule has 4 rings (SSSR count). The van der Waals surface area contributed by atoms with Crippen molar-refractivity contribution in [2.75, 3.05) is 0 Å².